The van der Waals surface area contributed by atoms with E-state index in [1.807, 2.05) is 54.9 Å². The van der Waals surface area contributed by atoms with E-state index in [4.69, 9.17) is 5.11 Å². The van der Waals surface area contributed by atoms with Gasteiger partial charge in [0.25, 0.3) is 0 Å². The lowest BCUT2D eigenvalue weighted by molar-refractivity contribution is 0.0697. The molecular formula is C22H16N2O2. The van der Waals surface area contributed by atoms with E-state index < -0.39 is 5.97 Å². The molecule has 0 bridgehead atoms. The van der Waals surface area contributed by atoms with Gasteiger partial charge in [-0.2, -0.15) is 0 Å². The van der Waals surface area contributed by atoms with Crippen LogP contribution in [-0.4, -0.2) is 20.6 Å². The summed E-state index contributed by atoms with van der Waals surface area (Å²) in [5, 5.41) is 8.95. The maximum absolute atomic E-state index is 10.9. The number of carboxylic acids is 1. The molecule has 0 radical (unpaired) electrons. The van der Waals surface area contributed by atoms with Gasteiger partial charge in [0.2, 0.25) is 0 Å². The molecule has 0 fully saturated rings. The van der Waals surface area contributed by atoms with Crippen LogP contribution in [0.5, 0.6) is 0 Å². The molecule has 4 heteroatoms. The summed E-state index contributed by atoms with van der Waals surface area (Å²) in [6.07, 6.45) is 5.81. The van der Waals surface area contributed by atoms with Gasteiger partial charge in [0.05, 0.1) is 16.6 Å². The molecule has 3 aromatic carbocycles. The molecule has 0 aliphatic heterocycles. The maximum atomic E-state index is 10.9. The zero-order chi connectivity index (χ0) is 17.9. The Balaban J connectivity index is 1.62. The highest BCUT2D eigenvalue weighted by atomic mass is 16.4. The summed E-state index contributed by atoms with van der Waals surface area (Å²) in [6, 6.07) is 23.0. The van der Waals surface area contributed by atoms with E-state index in [2.05, 4.69) is 21.7 Å². The van der Waals surface area contributed by atoms with E-state index in [1.54, 1.807) is 24.3 Å². The Bertz CT molecular complexity index is 1110. The zero-order valence-corrected chi connectivity index (χ0v) is 13.9. The predicted molar refractivity (Wildman–Crippen MR) is 103 cm³/mol. The lowest BCUT2D eigenvalue weighted by Crippen LogP contribution is -1.94. The SMILES string of the molecule is O=C(O)c1ccc(C=Cc2cccc(-n3cnc4ccccc43)c2)cc1. The minimum Gasteiger partial charge on any atom is -0.478 e. The van der Waals surface area contributed by atoms with Crippen molar-refractivity contribution in [3.63, 3.8) is 0 Å². The van der Waals surface area contributed by atoms with Crippen LogP contribution in [-0.2, 0) is 0 Å². The number of hydrogen-bond acceptors (Lipinski definition) is 2. The second-order valence-corrected chi connectivity index (χ2v) is 5.96. The molecule has 126 valence electrons. The molecule has 0 aliphatic rings. The van der Waals surface area contributed by atoms with Crippen molar-refractivity contribution in [1.82, 2.24) is 9.55 Å². The van der Waals surface area contributed by atoms with E-state index in [9.17, 15) is 4.79 Å². The van der Waals surface area contributed by atoms with E-state index in [-0.39, 0.29) is 5.56 Å². The number of aromatic carboxylic acids is 1. The third-order valence-corrected chi connectivity index (χ3v) is 4.23. The number of nitrogens with zero attached hydrogens (tertiary/aromatic N) is 2. The molecule has 1 aromatic heterocycles. The van der Waals surface area contributed by atoms with Gasteiger partial charge in [-0.25, -0.2) is 9.78 Å². The summed E-state index contributed by atoms with van der Waals surface area (Å²) in [4.78, 5) is 15.3. The van der Waals surface area contributed by atoms with Crippen molar-refractivity contribution in [2.75, 3.05) is 0 Å². The van der Waals surface area contributed by atoms with E-state index in [1.165, 1.54) is 0 Å². The molecule has 0 amide bonds. The highest BCUT2D eigenvalue weighted by molar-refractivity contribution is 5.88. The Labute approximate surface area is 150 Å². The quantitative estimate of drug-likeness (QED) is 0.538. The fourth-order valence-corrected chi connectivity index (χ4v) is 2.87. The summed E-state index contributed by atoms with van der Waals surface area (Å²) in [7, 11) is 0. The molecule has 0 atom stereocenters. The van der Waals surface area contributed by atoms with E-state index in [0.29, 0.717) is 0 Å². The summed E-state index contributed by atoms with van der Waals surface area (Å²) >= 11 is 0. The van der Waals surface area contributed by atoms with Crippen molar-refractivity contribution in [3.05, 3.63) is 95.8 Å². The van der Waals surface area contributed by atoms with Crippen molar-refractivity contribution in [3.8, 4) is 5.69 Å². The molecule has 4 nitrogen and oxygen atoms in total. The molecule has 0 saturated carbocycles. The van der Waals surface area contributed by atoms with Gasteiger partial charge in [0.15, 0.2) is 0 Å². The molecular weight excluding hydrogens is 324 g/mol. The van der Waals surface area contributed by atoms with Crippen molar-refractivity contribution < 1.29 is 9.90 Å². The van der Waals surface area contributed by atoms with Crippen LogP contribution in [0, 0.1) is 0 Å². The highest BCUT2D eigenvalue weighted by Crippen LogP contribution is 2.19. The molecule has 1 N–H and O–H groups in total. The Kier molecular flexibility index (Phi) is 4.07. The number of carboxylic acid groups (broad SMARTS) is 1. The number of carbonyl (C=O) groups is 1. The summed E-state index contributed by atoms with van der Waals surface area (Å²) in [5.41, 5.74) is 5.37. The molecule has 0 unspecified atom stereocenters. The van der Waals surface area contributed by atoms with Gasteiger partial charge in [-0.05, 0) is 47.5 Å². The maximum Gasteiger partial charge on any atom is 0.335 e. The first-order valence-electron chi connectivity index (χ1n) is 8.25. The van der Waals surface area contributed by atoms with Gasteiger partial charge in [-0.15, -0.1) is 0 Å². The number of fused-ring (bicyclic) bond motifs is 1. The van der Waals surface area contributed by atoms with Crippen LogP contribution in [0.4, 0.5) is 0 Å². The minimum atomic E-state index is -0.916. The van der Waals surface area contributed by atoms with Crippen LogP contribution in [0.2, 0.25) is 0 Å². The molecule has 0 saturated heterocycles. The summed E-state index contributed by atoms with van der Waals surface area (Å²) < 4.78 is 2.06. The molecule has 26 heavy (non-hydrogen) atoms. The summed E-state index contributed by atoms with van der Waals surface area (Å²) in [5.74, 6) is -0.916. The minimum absolute atomic E-state index is 0.288. The number of hydrogen-bond donors (Lipinski definition) is 1. The van der Waals surface area contributed by atoms with Crippen molar-refractivity contribution in [2.45, 2.75) is 0 Å². The average Bonchev–Trinajstić information content (AvgIpc) is 3.11. The van der Waals surface area contributed by atoms with Gasteiger partial charge >= 0.3 is 5.97 Å². The second kappa shape index (κ2) is 6.69. The average molecular weight is 340 g/mol. The fraction of sp³-hybridized carbons (Fsp3) is 0. The van der Waals surface area contributed by atoms with E-state index >= 15 is 0 Å². The molecule has 0 spiro atoms. The van der Waals surface area contributed by atoms with Crippen LogP contribution in [0.25, 0.3) is 28.9 Å². The van der Waals surface area contributed by atoms with Crippen LogP contribution in [0.1, 0.15) is 21.5 Å². The lowest BCUT2D eigenvalue weighted by atomic mass is 10.1. The Morgan fingerprint density at radius 2 is 1.65 bits per heavy atom. The van der Waals surface area contributed by atoms with E-state index in [0.717, 1.165) is 27.8 Å². The third-order valence-electron chi connectivity index (χ3n) is 4.23. The zero-order valence-electron chi connectivity index (χ0n) is 13.9. The Morgan fingerprint density at radius 1 is 0.885 bits per heavy atom. The first kappa shape index (κ1) is 15.8. The van der Waals surface area contributed by atoms with Gasteiger partial charge in [0.1, 0.15) is 6.33 Å². The van der Waals surface area contributed by atoms with Crippen LogP contribution >= 0.6 is 0 Å². The Morgan fingerprint density at radius 3 is 2.46 bits per heavy atom. The monoisotopic (exact) mass is 340 g/mol. The number of imidazole rings is 1. The number of aromatic nitrogens is 2. The van der Waals surface area contributed by atoms with Gasteiger partial charge < -0.3 is 5.11 Å². The van der Waals surface area contributed by atoms with Crippen molar-refractivity contribution in [1.29, 1.82) is 0 Å². The largest absolute Gasteiger partial charge is 0.478 e. The lowest BCUT2D eigenvalue weighted by Gasteiger charge is -2.05. The molecule has 0 aliphatic carbocycles. The topological polar surface area (TPSA) is 55.1 Å². The van der Waals surface area contributed by atoms with Crippen LogP contribution < -0.4 is 0 Å². The van der Waals surface area contributed by atoms with Crippen LogP contribution in [0.3, 0.4) is 0 Å². The van der Waals surface area contributed by atoms with Gasteiger partial charge in [-0.1, -0.05) is 48.6 Å². The fourth-order valence-electron chi connectivity index (χ4n) is 2.87. The smallest absolute Gasteiger partial charge is 0.335 e. The molecule has 4 aromatic rings. The Hall–Kier alpha value is -3.66. The standard InChI is InChI=1S/C22H16N2O2/c25-22(26)18-12-10-16(11-13-18)8-9-17-4-3-5-19(14-17)24-15-23-20-6-1-2-7-21(20)24/h1-15H,(H,25,26). The normalized spacial score (nSPS) is 11.2. The summed E-state index contributed by atoms with van der Waals surface area (Å²) in [6.45, 7) is 0. The van der Waals surface area contributed by atoms with Gasteiger partial charge in [-0.3, -0.25) is 4.57 Å². The first-order chi connectivity index (χ1) is 12.7. The van der Waals surface area contributed by atoms with Crippen molar-refractivity contribution in [2.24, 2.45) is 0 Å². The molecule has 1 heterocycles. The number of benzene rings is 3. The molecule has 4 rings (SSSR count). The third kappa shape index (κ3) is 3.13. The highest BCUT2D eigenvalue weighted by Gasteiger charge is 2.04. The first-order valence-corrected chi connectivity index (χ1v) is 8.25. The number of rotatable bonds is 4. The van der Waals surface area contributed by atoms with Gasteiger partial charge in [0, 0.05) is 5.69 Å². The van der Waals surface area contributed by atoms with Crippen LogP contribution in [0.15, 0.2) is 79.1 Å². The number of para-hydroxylation sites is 2. The second-order valence-electron chi connectivity index (χ2n) is 5.96. The predicted octanol–water partition coefficient (Wildman–Crippen LogP) is 4.89. The van der Waals surface area contributed by atoms with Crippen molar-refractivity contribution >= 4 is 29.2 Å².